The van der Waals surface area contributed by atoms with Crippen molar-refractivity contribution in [2.45, 2.75) is 45.8 Å². The smallest absolute Gasteiger partial charge is 0.241 e. The third kappa shape index (κ3) is 8.50. The van der Waals surface area contributed by atoms with E-state index in [9.17, 15) is 18.8 Å². The fourth-order valence-corrected chi connectivity index (χ4v) is 4.83. The fraction of sp³-hybridized carbons (Fsp3) is 0.206. The molecule has 0 aromatic heterocycles. The second-order valence-corrected chi connectivity index (χ2v) is 10.6. The number of rotatable bonds is 13. The molecule has 0 fully saturated rings. The van der Waals surface area contributed by atoms with Crippen LogP contribution in [0.5, 0.6) is 11.5 Å². The molecule has 1 atom stereocenters. The Bertz CT molecular complexity index is 1650. The van der Waals surface area contributed by atoms with Crippen molar-refractivity contribution in [1.82, 2.24) is 5.32 Å². The fourth-order valence-electron chi connectivity index (χ4n) is 4.58. The van der Waals surface area contributed by atoms with E-state index in [0.717, 1.165) is 5.56 Å². The quantitative estimate of drug-likeness (QED) is 0.125. The lowest BCUT2D eigenvalue weighted by Crippen LogP contribution is -2.39. The minimum atomic E-state index is -0.667. The Morgan fingerprint density at radius 3 is 2.36 bits per heavy atom. The number of hydrogen-bond acceptors (Lipinski definition) is 6. The first kappa shape index (κ1) is 32.3. The van der Waals surface area contributed by atoms with Gasteiger partial charge in [-0.2, -0.15) is 0 Å². The lowest BCUT2D eigenvalue weighted by Gasteiger charge is -2.21. The molecular formula is C34H34ClFN4O4. The number of benzene rings is 4. The highest BCUT2D eigenvalue weighted by Crippen LogP contribution is 2.39. The number of nitrogens with one attached hydrogen (secondary N) is 3. The molecule has 0 saturated heterocycles. The Morgan fingerprint density at radius 2 is 1.68 bits per heavy atom. The highest BCUT2D eigenvalue weighted by atomic mass is 35.5. The van der Waals surface area contributed by atoms with E-state index in [4.69, 9.17) is 22.1 Å². The predicted molar refractivity (Wildman–Crippen MR) is 171 cm³/mol. The summed E-state index contributed by atoms with van der Waals surface area (Å²) in [6.07, 6.45) is 0.404. The number of Topliss-reactive ketones (excluding diaryl/α,β-unsaturated/α-hetero) is 1. The molecule has 0 spiro atoms. The van der Waals surface area contributed by atoms with Crippen molar-refractivity contribution in [2.24, 2.45) is 5.73 Å². The Hall–Kier alpha value is -4.57. The Labute approximate surface area is 260 Å². The topological polar surface area (TPSA) is 123 Å². The first-order valence-electron chi connectivity index (χ1n) is 14.1. The van der Waals surface area contributed by atoms with E-state index in [1.54, 1.807) is 66.7 Å². The lowest BCUT2D eigenvalue weighted by molar-refractivity contribution is -0.118. The van der Waals surface area contributed by atoms with Crippen LogP contribution in [-0.2, 0) is 29.1 Å². The van der Waals surface area contributed by atoms with Gasteiger partial charge in [0.2, 0.25) is 11.8 Å². The van der Waals surface area contributed by atoms with E-state index in [-0.39, 0.29) is 59.0 Å². The van der Waals surface area contributed by atoms with Gasteiger partial charge in [-0.15, -0.1) is 0 Å². The maximum Gasteiger partial charge on any atom is 0.241 e. The van der Waals surface area contributed by atoms with Crippen LogP contribution in [0.15, 0.2) is 84.9 Å². The highest BCUT2D eigenvalue weighted by molar-refractivity contribution is 6.34. The first-order valence-corrected chi connectivity index (χ1v) is 14.5. The van der Waals surface area contributed by atoms with Crippen LogP contribution < -0.4 is 26.4 Å². The SMILES string of the molecule is CCC(NCc1ccccc1F)C(=O)Nc1ccc(Cl)c(C(=O)Cc2ccc(NC(C)=O)cc2)c1Oc1cccc(CN)c1. The maximum atomic E-state index is 14.2. The molecule has 0 saturated carbocycles. The summed E-state index contributed by atoms with van der Waals surface area (Å²) in [4.78, 5) is 38.5. The van der Waals surface area contributed by atoms with E-state index in [0.29, 0.717) is 29.0 Å². The Balaban J connectivity index is 1.64. The molecule has 0 aliphatic carbocycles. The summed E-state index contributed by atoms with van der Waals surface area (Å²) in [5.41, 5.74) is 8.70. The average molecular weight is 617 g/mol. The van der Waals surface area contributed by atoms with Crippen molar-refractivity contribution in [3.05, 3.63) is 118 Å². The lowest BCUT2D eigenvalue weighted by atomic mass is 10.0. The molecular weight excluding hydrogens is 583 g/mol. The summed E-state index contributed by atoms with van der Waals surface area (Å²) >= 11 is 6.60. The standard InChI is InChI=1S/C34H34ClFN4O4/c1-3-29(38-20-24-8-4-5-10-28(24)36)34(43)40-30-16-15-27(35)32(33(30)44-26-9-6-7-23(17-26)19-37)31(42)18-22-11-13-25(14-12-22)39-21(2)41/h4-17,29,38H,3,18-20,37H2,1-2H3,(H,39,41)(H,40,43). The molecule has 1 unspecified atom stereocenters. The Kier molecular flexibility index (Phi) is 11.2. The number of carbonyl (C=O) groups is 3. The summed E-state index contributed by atoms with van der Waals surface area (Å²) < 4.78 is 20.4. The van der Waals surface area contributed by atoms with Gasteiger partial charge in [0.25, 0.3) is 0 Å². The second kappa shape index (κ2) is 15.2. The second-order valence-electron chi connectivity index (χ2n) is 10.2. The van der Waals surface area contributed by atoms with Gasteiger partial charge in [-0.05, 0) is 60.0 Å². The van der Waals surface area contributed by atoms with Crippen molar-refractivity contribution < 1.29 is 23.5 Å². The summed E-state index contributed by atoms with van der Waals surface area (Å²) in [6, 6.07) is 22.8. The molecule has 2 amide bonds. The number of anilines is 2. The minimum absolute atomic E-state index is 0.0154. The number of carbonyl (C=O) groups excluding carboxylic acids is 3. The molecule has 0 aliphatic rings. The van der Waals surface area contributed by atoms with Crippen molar-refractivity contribution in [1.29, 1.82) is 0 Å². The molecule has 5 N–H and O–H groups in total. The molecule has 4 rings (SSSR count). The zero-order chi connectivity index (χ0) is 31.6. The van der Waals surface area contributed by atoms with Crippen molar-refractivity contribution >= 4 is 40.6 Å². The number of ketones is 1. The van der Waals surface area contributed by atoms with Gasteiger partial charge in [-0.1, -0.05) is 61.0 Å². The number of nitrogens with two attached hydrogens (primary N) is 1. The molecule has 0 radical (unpaired) electrons. The van der Waals surface area contributed by atoms with Crippen LogP contribution in [0.25, 0.3) is 0 Å². The van der Waals surface area contributed by atoms with Gasteiger partial charge in [-0.25, -0.2) is 4.39 Å². The number of hydrogen-bond donors (Lipinski definition) is 4. The monoisotopic (exact) mass is 616 g/mol. The highest BCUT2D eigenvalue weighted by Gasteiger charge is 2.25. The van der Waals surface area contributed by atoms with Gasteiger partial charge in [0, 0.05) is 37.7 Å². The van der Waals surface area contributed by atoms with Gasteiger partial charge in [0.1, 0.15) is 11.6 Å². The van der Waals surface area contributed by atoms with Gasteiger partial charge in [-0.3, -0.25) is 14.4 Å². The minimum Gasteiger partial charge on any atom is -0.454 e. The summed E-state index contributed by atoms with van der Waals surface area (Å²) in [6.45, 7) is 3.68. The van der Waals surface area contributed by atoms with E-state index < -0.39 is 11.9 Å². The predicted octanol–water partition coefficient (Wildman–Crippen LogP) is 6.62. The number of amides is 2. The van der Waals surface area contributed by atoms with Crippen LogP contribution in [0.2, 0.25) is 5.02 Å². The normalized spacial score (nSPS) is 11.5. The van der Waals surface area contributed by atoms with Crippen LogP contribution in [0, 0.1) is 5.82 Å². The molecule has 0 aliphatic heterocycles. The first-order chi connectivity index (χ1) is 21.2. The van der Waals surface area contributed by atoms with E-state index in [1.165, 1.54) is 19.1 Å². The molecule has 8 nitrogen and oxygen atoms in total. The van der Waals surface area contributed by atoms with Gasteiger partial charge >= 0.3 is 0 Å². The van der Waals surface area contributed by atoms with Crippen LogP contribution in [-0.4, -0.2) is 23.6 Å². The van der Waals surface area contributed by atoms with Gasteiger partial charge in [0.15, 0.2) is 11.5 Å². The van der Waals surface area contributed by atoms with Crippen LogP contribution >= 0.6 is 11.6 Å². The third-order valence-electron chi connectivity index (χ3n) is 6.86. The number of ether oxygens (including phenoxy) is 1. The average Bonchev–Trinajstić information content (AvgIpc) is 3.00. The van der Waals surface area contributed by atoms with Crippen LogP contribution in [0.1, 0.15) is 47.3 Å². The molecule has 228 valence electrons. The molecule has 0 bridgehead atoms. The number of halogens is 2. The van der Waals surface area contributed by atoms with Crippen LogP contribution in [0.4, 0.5) is 15.8 Å². The Morgan fingerprint density at radius 1 is 0.932 bits per heavy atom. The van der Waals surface area contributed by atoms with Crippen molar-refractivity contribution in [3.8, 4) is 11.5 Å². The maximum absolute atomic E-state index is 14.2. The van der Waals surface area contributed by atoms with E-state index in [1.807, 2.05) is 13.0 Å². The van der Waals surface area contributed by atoms with E-state index in [2.05, 4.69) is 16.0 Å². The van der Waals surface area contributed by atoms with Gasteiger partial charge < -0.3 is 26.4 Å². The summed E-state index contributed by atoms with van der Waals surface area (Å²) in [7, 11) is 0. The van der Waals surface area contributed by atoms with Crippen molar-refractivity contribution in [3.63, 3.8) is 0 Å². The van der Waals surface area contributed by atoms with Gasteiger partial charge in [0.05, 0.1) is 22.3 Å². The van der Waals surface area contributed by atoms with Crippen molar-refractivity contribution in [2.75, 3.05) is 10.6 Å². The zero-order valence-electron chi connectivity index (χ0n) is 24.5. The van der Waals surface area contributed by atoms with Crippen LogP contribution in [0.3, 0.4) is 0 Å². The molecule has 4 aromatic carbocycles. The molecule has 44 heavy (non-hydrogen) atoms. The largest absolute Gasteiger partial charge is 0.454 e. The zero-order valence-corrected chi connectivity index (χ0v) is 25.2. The summed E-state index contributed by atoms with van der Waals surface area (Å²) in [5.74, 6) is -0.802. The summed E-state index contributed by atoms with van der Waals surface area (Å²) in [5, 5.41) is 8.82. The molecule has 0 heterocycles. The molecule has 4 aromatic rings. The van der Waals surface area contributed by atoms with E-state index >= 15 is 0 Å². The molecule has 10 heteroatoms. The third-order valence-corrected chi connectivity index (χ3v) is 7.17.